The number of hydrogen-bond acceptors (Lipinski definition) is 4. The molecule has 0 radical (unpaired) electrons. The van der Waals surface area contributed by atoms with Crippen LogP contribution in [0.15, 0.2) is 6.33 Å². The van der Waals surface area contributed by atoms with Gasteiger partial charge in [-0.15, -0.1) is 11.6 Å². The molecule has 1 aliphatic rings. The Balaban J connectivity index is 2.05. The molecular formula is C13H22ClN3O2S. The summed E-state index contributed by atoms with van der Waals surface area (Å²) >= 11 is 6.06. The van der Waals surface area contributed by atoms with Crippen LogP contribution in [-0.4, -0.2) is 40.6 Å². The summed E-state index contributed by atoms with van der Waals surface area (Å²) in [5.41, 5.74) is 0. The number of halogens is 1. The maximum atomic E-state index is 11.6. The Bertz CT molecular complexity index is 542. The van der Waals surface area contributed by atoms with Crippen molar-refractivity contribution in [1.29, 1.82) is 0 Å². The molecule has 114 valence electrons. The number of nitrogens with zero attached hydrogens (tertiary/aromatic N) is 3. The Labute approximate surface area is 125 Å². The quantitative estimate of drug-likeness (QED) is 0.750. The van der Waals surface area contributed by atoms with Crippen molar-refractivity contribution in [3.05, 3.63) is 12.2 Å². The van der Waals surface area contributed by atoms with E-state index in [1.807, 2.05) is 4.68 Å². The molecule has 2 atom stereocenters. The molecule has 2 heterocycles. The average molecular weight is 320 g/mol. The lowest BCUT2D eigenvalue weighted by molar-refractivity contribution is 0.374. The maximum Gasteiger partial charge on any atom is 0.150 e. The van der Waals surface area contributed by atoms with Crippen LogP contribution in [0.1, 0.15) is 26.1 Å². The lowest BCUT2D eigenvalue weighted by Gasteiger charge is -2.20. The SMILES string of the molecule is CC(C)Cn1ncnc1CC(CCl)C1CCS(=O)(=O)C1. The van der Waals surface area contributed by atoms with Gasteiger partial charge < -0.3 is 0 Å². The highest BCUT2D eigenvalue weighted by Gasteiger charge is 2.34. The van der Waals surface area contributed by atoms with Gasteiger partial charge in [0, 0.05) is 18.8 Å². The van der Waals surface area contributed by atoms with Crippen LogP contribution in [0.2, 0.25) is 0 Å². The summed E-state index contributed by atoms with van der Waals surface area (Å²) in [7, 11) is -2.86. The highest BCUT2D eigenvalue weighted by atomic mass is 35.5. The second-order valence-electron chi connectivity index (χ2n) is 6.03. The van der Waals surface area contributed by atoms with Crippen molar-refractivity contribution in [2.24, 2.45) is 17.8 Å². The van der Waals surface area contributed by atoms with Gasteiger partial charge in [0.05, 0.1) is 11.5 Å². The molecule has 0 saturated carbocycles. The van der Waals surface area contributed by atoms with E-state index in [-0.39, 0.29) is 17.6 Å². The third-order valence-electron chi connectivity index (χ3n) is 3.81. The van der Waals surface area contributed by atoms with E-state index in [9.17, 15) is 8.42 Å². The van der Waals surface area contributed by atoms with Crippen molar-refractivity contribution in [3.8, 4) is 0 Å². The normalized spacial score (nSPS) is 23.3. The van der Waals surface area contributed by atoms with E-state index in [2.05, 4.69) is 23.9 Å². The number of sulfone groups is 1. The van der Waals surface area contributed by atoms with Gasteiger partial charge in [-0.2, -0.15) is 5.10 Å². The maximum absolute atomic E-state index is 11.6. The molecule has 5 nitrogen and oxygen atoms in total. The Morgan fingerprint density at radius 2 is 2.25 bits per heavy atom. The zero-order chi connectivity index (χ0) is 14.8. The van der Waals surface area contributed by atoms with Crippen LogP contribution in [0.5, 0.6) is 0 Å². The third-order valence-corrected chi connectivity index (χ3v) is 6.00. The minimum absolute atomic E-state index is 0.154. The highest BCUT2D eigenvalue weighted by molar-refractivity contribution is 7.91. The Kier molecular flexibility index (Phi) is 5.07. The van der Waals surface area contributed by atoms with E-state index in [1.54, 1.807) is 6.33 Å². The van der Waals surface area contributed by atoms with Gasteiger partial charge in [-0.3, -0.25) is 0 Å². The molecule has 1 fully saturated rings. The van der Waals surface area contributed by atoms with Gasteiger partial charge in [0.15, 0.2) is 9.84 Å². The second-order valence-corrected chi connectivity index (χ2v) is 8.57. The van der Waals surface area contributed by atoms with Gasteiger partial charge in [-0.05, 0) is 24.2 Å². The Morgan fingerprint density at radius 3 is 2.80 bits per heavy atom. The number of aromatic nitrogens is 3. The van der Waals surface area contributed by atoms with Crippen LogP contribution >= 0.6 is 11.6 Å². The molecule has 1 saturated heterocycles. The van der Waals surface area contributed by atoms with Crippen LogP contribution in [0.25, 0.3) is 0 Å². The molecule has 0 bridgehead atoms. The fourth-order valence-electron chi connectivity index (χ4n) is 2.72. The highest BCUT2D eigenvalue weighted by Crippen LogP contribution is 2.29. The van der Waals surface area contributed by atoms with Gasteiger partial charge >= 0.3 is 0 Å². The fraction of sp³-hybridized carbons (Fsp3) is 0.846. The van der Waals surface area contributed by atoms with Crippen molar-refractivity contribution >= 4 is 21.4 Å². The molecule has 1 aliphatic heterocycles. The number of hydrogen-bond donors (Lipinski definition) is 0. The van der Waals surface area contributed by atoms with E-state index in [0.29, 0.717) is 24.0 Å². The first kappa shape index (κ1) is 15.8. The predicted molar refractivity (Wildman–Crippen MR) is 79.5 cm³/mol. The molecule has 1 aromatic rings. The monoisotopic (exact) mass is 319 g/mol. The van der Waals surface area contributed by atoms with Gasteiger partial charge in [0.1, 0.15) is 12.2 Å². The molecule has 0 spiro atoms. The van der Waals surface area contributed by atoms with E-state index < -0.39 is 9.84 Å². The molecule has 1 aromatic heterocycles. The van der Waals surface area contributed by atoms with Crippen molar-refractivity contribution < 1.29 is 8.42 Å². The molecule has 2 unspecified atom stereocenters. The van der Waals surface area contributed by atoms with Gasteiger partial charge in [-0.25, -0.2) is 18.1 Å². The lowest BCUT2D eigenvalue weighted by Crippen LogP contribution is -2.23. The lowest BCUT2D eigenvalue weighted by atomic mass is 9.90. The van der Waals surface area contributed by atoms with Crippen LogP contribution in [0.4, 0.5) is 0 Å². The van der Waals surface area contributed by atoms with E-state index >= 15 is 0 Å². The van der Waals surface area contributed by atoms with Crippen molar-refractivity contribution in [1.82, 2.24) is 14.8 Å². The van der Waals surface area contributed by atoms with Crippen molar-refractivity contribution in [3.63, 3.8) is 0 Å². The largest absolute Gasteiger partial charge is 0.250 e. The minimum atomic E-state index is -2.86. The summed E-state index contributed by atoms with van der Waals surface area (Å²) in [6.07, 6.45) is 2.99. The summed E-state index contributed by atoms with van der Waals surface area (Å²) in [5.74, 6) is 2.75. The first-order chi connectivity index (χ1) is 9.41. The zero-order valence-corrected chi connectivity index (χ0v) is 13.6. The second kappa shape index (κ2) is 6.43. The molecule has 0 aromatic carbocycles. The summed E-state index contributed by atoms with van der Waals surface area (Å²) in [6.45, 7) is 5.09. The van der Waals surface area contributed by atoms with Gasteiger partial charge in [-0.1, -0.05) is 13.8 Å². The predicted octanol–water partition coefficient (Wildman–Crippen LogP) is 1.77. The number of alkyl halides is 1. The molecular weight excluding hydrogens is 298 g/mol. The molecule has 0 amide bonds. The average Bonchev–Trinajstić information content (AvgIpc) is 2.92. The van der Waals surface area contributed by atoms with Crippen molar-refractivity contribution in [2.75, 3.05) is 17.4 Å². The van der Waals surface area contributed by atoms with Crippen LogP contribution < -0.4 is 0 Å². The Hall–Kier alpha value is -0.620. The standard InChI is InChI=1S/C13H22ClN3O2S/c1-10(2)7-17-13(15-9-16-17)5-12(6-14)11-3-4-20(18,19)8-11/h9-12H,3-8H2,1-2H3. The van der Waals surface area contributed by atoms with E-state index in [4.69, 9.17) is 11.6 Å². The summed E-state index contributed by atoms with van der Waals surface area (Å²) in [5, 5.41) is 4.24. The van der Waals surface area contributed by atoms with Gasteiger partial charge in [0.25, 0.3) is 0 Å². The first-order valence-electron chi connectivity index (χ1n) is 7.04. The molecule has 7 heteroatoms. The topological polar surface area (TPSA) is 64.8 Å². The van der Waals surface area contributed by atoms with Crippen LogP contribution in [-0.2, 0) is 22.8 Å². The molecule has 0 N–H and O–H groups in total. The Morgan fingerprint density at radius 1 is 1.50 bits per heavy atom. The summed E-state index contributed by atoms with van der Waals surface area (Å²) in [4.78, 5) is 4.31. The summed E-state index contributed by atoms with van der Waals surface area (Å²) < 4.78 is 25.1. The van der Waals surface area contributed by atoms with Gasteiger partial charge in [0.2, 0.25) is 0 Å². The molecule has 0 aliphatic carbocycles. The third kappa shape index (κ3) is 3.95. The minimum Gasteiger partial charge on any atom is -0.250 e. The van der Waals surface area contributed by atoms with Crippen LogP contribution in [0, 0.1) is 17.8 Å². The molecule has 20 heavy (non-hydrogen) atoms. The van der Waals surface area contributed by atoms with Crippen LogP contribution in [0.3, 0.4) is 0 Å². The molecule has 2 rings (SSSR count). The smallest absolute Gasteiger partial charge is 0.150 e. The van der Waals surface area contributed by atoms with Crippen molar-refractivity contribution in [2.45, 2.75) is 33.2 Å². The first-order valence-corrected chi connectivity index (χ1v) is 9.40. The fourth-order valence-corrected chi connectivity index (χ4v) is 5.00. The zero-order valence-electron chi connectivity index (χ0n) is 12.0. The number of rotatable bonds is 6. The van der Waals surface area contributed by atoms with E-state index in [0.717, 1.165) is 18.8 Å². The van der Waals surface area contributed by atoms with E-state index in [1.165, 1.54) is 0 Å². The summed E-state index contributed by atoms with van der Waals surface area (Å²) in [6, 6.07) is 0.